The maximum absolute atomic E-state index is 13.2. The van der Waals surface area contributed by atoms with Crippen LogP contribution in [0, 0.1) is 0 Å². The van der Waals surface area contributed by atoms with Gasteiger partial charge >= 0.3 is 0 Å². The minimum atomic E-state index is -1.24. The standard InChI is InChI=1S/C23H25N3O8/c1-13(27)26(24-22(29)14-10-18(32-3)21(34-5)19(11-14)33-4)16-12-20(28)25(23(16)30)15-8-6-7-9-17(15)31-2/h6-11,16H,12H2,1-5H3,(H,24,29). The van der Waals surface area contributed by atoms with Crippen LogP contribution in [0.3, 0.4) is 0 Å². The lowest BCUT2D eigenvalue weighted by Crippen LogP contribution is -2.54. The number of methoxy groups -OCH3 is 4. The van der Waals surface area contributed by atoms with E-state index in [1.165, 1.54) is 47.5 Å². The highest BCUT2D eigenvalue weighted by molar-refractivity contribution is 6.23. The number of benzene rings is 2. The van der Waals surface area contributed by atoms with Gasteiger partial charge in [0.1, 0.15) is 11.8 Å². The summed E-state index contributed by atoms with van der Waals surface area (Å²) in [4.78, 5) is 52.3. The molecule has 0 radical (unpaired) electrons. The molecule has 1 atom stereocenters. The fourth-order valence-electron chi connectivity index (χ4n) is 3.65. The molecular formula is C23H25N3O8. The van der Waals surface area contributed by atoms with E-state index in [9.17, 15) is 19.2 Å². The second-order valence-electron chi connectivity index (χ2n) is 7.20. The van der Waals surface area contributed by atoms with Crippen molar-refractivity contribution in [1.29, 1.82) is 0 Å². The third kappa shape index (κ3) is 4.45. The Bertz CT molecular complexity index is 1110. The zero-order chi connectivity index (χ0) is 25.0. The summed E-state index contributed by atoms with van der Waals surface area (Å²) in [5.41, 5.74) is 2.76. The highest BCUT2D eigenvalue weighted by Gasteiger charge is 2.45. The molecule has 0 aromatic heterocycles. The second-order valence-corrected chi connectivity index (χ2v) is 7.20. The Balaban J connectivity index is 1.90. The van der Waals surface area contributed by atoms with E-state index in [0.29, 0.717) is 5.75 Å². The number of amides is 4. The molecule has 0 aliphatic carbocycles. The van der Waals surface area contributed by atoms with E-state index in [2.05, 4.69) is 5.43 Å². The number of nitrogens with zero attached hydrogens (tertiary/aromatic N) is 2. The Kier molecular flexibility index (Phi) is 7.24. The normalized spacial score (nSPS) is 15.1. The second kappa shape index (κ2) is 10.1. The Hall–Kier alpha value is -4.28. The van der Waals surface area contributed by atoms with E-state index in [1.807, 2.05) is 0 Å². The minimum absolute atomic E-state index is 0.0825. The molecule has 1 unspecified atom stereocenters. The Morgan fingerprint density at radius 3 is 2.06 bits per heavy atom. The summed E-state index contributed by atoms with van der Waals surface area (Å²) in [5, 5.41) is 0.848. The molecule has 0 saturated carbocycles. The van der Waals surface area contributed by atoms with Gasteiger partial charge in [0.05, 0.1) is 40.5 Å². The Morgan fingerprint density at radius 2 is 1.53 bits per heavy atom. The van der Waals surface area contributed by atoms with Crippen LogP contribution in [-0.2, 0) is 14.4 Å². The summed E-state index contributed by atoms with van der Waals surface area (Å²) in [6.45, 7) is 1.18. The first-order valence-electron chi connectivity index (χ1n) is 10.2. The number of carbonyl (C=O) groups excluding carboxylic acids is 4. The van der Waals surface area contributed by atoms with Gasteiger partial charge < -0.3 is 18.9 Å². The molecule has 180 valence electrons. The lowest BCUT2D eigenvalue weighted by atomic mass is 10.1. The zero-order valence-electron chi connectivity index (χ0n) is 19.4. The third-order valence-electron chi connectivity index (χ3n) is 5.25. The quantitative estimate of drug-likeness (QED) is 0.477. The number of anilines is 1. The van der Waals surface area contributed by atoms with Crippen LogP contribution >= 0.6 is 0 Å². The van der Waals surface area contributed by atoms with Gasteiger partial charge in [-0.3, -0.25) is 24.6 Å². The van der Waals surface area contributed by atoms with Gasteiger partial charge in [0.2, 0.25) is 17.6 Å². The van der Waals surface area contributed by atoms with Gasteiger partial charge in [-0.25, -0.2) is 9.91 Å². The Labute approximate surface area is 196 Å². The predicted molar refractivity (Wildman–Crippen MR) is 120 cm³/mol. The van der Waals surface area contributed by atoms with Crippen LogP contribution in [0.25, 0.3) is 0 Å². The van der Waals surface area contributed by atoms with Crippen LogP contribution in [0.1, 0.15) is 23.7 Å². The van der Waals surface area contributed by atoms with Crippen LogP contribution < -0.4 is 29.3 Å². The first-order chi connectivity index (χ1) is 16.3. The van der Waals surface area contributed by atoms with Crippen molar-refractivity contribution in [1.82, 2.24) is 10.4 Å². The van der Waals surface area contributed by atoms with Crippen molar-refractivity contribution in [2.45, 2.75) is 19.4 Å². The third-order valence-corrected chi connectivity index (χ3v) is 5.25. The number of rotatable bonds is 7. The topological polar surface area (TPSA) is 124 Å². The minimum Gasteiger partial charge on any atom is -0.495 e. The van der Waals surface area contributed by atoms with Gasteiger partial charge in [-0.2, -0.15) is 0 Å². The van der Waals surface area contributed by atoms with Crippen molar-refractivity contribution in [2.75, 3.05) is 33.3 Å². The maximum Gasteiger partial charge on any atom is 0.270 e. The molecule has 11 heteroatoms. The SMILES string of the molecule is COc1ccccc1N1C(=O)CC(N(NC(=O)c2cc(OC)c(OC)c(OC)c2)C(C)=O)C1=O. The predicted octanol–water partition coefficient (Wildman–Crippen LogP) is 1.55. The van der Waals surface area contributed by atoms with Crippen molar-refractivity contribution < 1.29 is 38.1 Å². The Morgan fingerprint density at radius 1 is 0.941 bits per heavy atom. The van der Waals surface area contributed by atoms with Crippen molar-refractivity contribution in [3.05, 3.63) is 42.0 Å². The van der Waals surface area contributed by atoms with E-state index in [-0.39, 0.29) is 34.9 Å². The molecule has 1 fully saturated rings. The number of hydrazine groups is 1. The molecule has 2 aromatic rings. The van der Waals surface area contributed by atoms with E-state index in [0.717, 1.165) is 9.91 Å². The molecule has 1 heterocycles. The molecule has 0 spiro atoms. The summed E-state index contributed by atoms with van der Waals surface area (Å²) in [5.74, 6) is -1.48. The summed E-state index contributed by atoms with van der Waals surface area (Å²) in [6.07, 6.45) is -0.313. The van der Waals surface area contributed by atoms with Crippen LogP contribution in [-0.4, -0.2) is 63.1 Å². The number of hydrogen-bond acceptors (Lipinski definition) is 8. The lowest BCUT2D eigenvalue weighted by molar-refractivity contribution is -0.139. The van der Waals surface area contributed by atoms with Gasteiger partial charge in [0, 0.05) is 12.5 Å². The van der Waals surface area contributed by atoms with E-state index < -0.39 is 29.7 Å². The number of hydrogen-bond donors (Lipinski definition) is 1. The molecule has 3 rings (SSSR count). The van der Waals surface area contributed by atoms with Crippen LogP contribution in [0.4, 0.5) is 5.69 Å². The van der Waals surface area contributed by atoms with Crippen LogP contribution in [0.15, 0.2) is 36.4 Å². The summed E-state index contributed by atoms with van der Waals surface area (Å²) in [6, 6.07) is 8.09. The summed E-state index contributed by atoms with van der Waals surface area (Å²) in [7, 11) is 5.64. The average molecular weight is 471 g/mol. The molecule has 34 heavy (non-hydrogen) atoms. The molecular weight excluding hydrogens is 446 g/mol. The van der Waals surface area contributed by atoms with Crippen molar-refractivity contribution in [2.24, 2.45) is 0 Å². The fraction of sp³-hybridized carbons (Fsp3) is 0.304. The number of nitrogens with one attached hydrogen (secondary N) is 1. The van der Waals surface area contributed by atoms with Gasteiger partial charge in [0.15, 0.2) is 11.5 Å². The van der Waals surface area contributed by atoms with Gasteiger partial charge in [-0.15, -0.1) is 0 Å². The fourth-order valence-corrected chi connectivity index (χ4v) is 3.65. The molecule has 1 N–H and O–H groups in total. The molecule has 2 aromatic carbocycles. The van der Waals surface area contributed by atoms with Crippen molar-refractivity contribution in [3.63, 3.8) is 0 Å². The molecule has 4 amide bonds. The first-order valence-corrected chi connectivity index (χ1v) is 10.2. The summed E-state index contributed by atoms with van der Waals surface area (Å²) < 4.78 is 21.0. The highest BCUT2D eigenvalue weighted by atomic mass is 16.5. The number of carbonyl (C=O) groups is 4. The number of ether oxygens (including phenoxy) is 4. The maximum atomic E-state index is 13.2. The zero-order valence-corrected chi connectivity index (χ0v) is 19.4. The lowest BCUT2D eigenvalue weighted by Gasteiger charge is -2.27. The molecule has 1 saturated heterocycles. The van der Waals surface area contributed by atoms with Crippen molar-refractivity contribution in [3.8, 4) is 23.0 Å². The van der Waals surface area contributed by atoms with E-state index in [1.54, 1.807) is 24.3 Å². The average Bonchev–Trinajstić information content (AvgIpc) is 3.13. The molecule has 11 nitrogen and oxygen atoms in total. The van der Waals surface area contributed by atoms with E-state index in [4.69, 9.17) is 18.9 Å². The molecule has 1 aliphatic heterocycles. The molecule has 0 bridgehead atoms. The number of imide groups is 1. The largest absolute Gasteiger partial charge is 0.495 e. The van der Waals surface area contributed by atoms with Gasteiger partial charge in [-0.1, -0.05) is 12.1 Å². The number of para-hydroxylation sites is 2. The van der Waals surface area contributed by atoms with Crippen LogP contribution in [0.5, 0.6) is 23.0 Å². The van der Waals surface area contributed by atoms with Gasteiger partial charge in [-0.05, 0) is 24.3 Å². The van der Waals surface area contributed by atoms with Gasteiger partial charge in [0.25, 0.3) is 11.8 Å². The monoisotopic (exact) mass is 471 g/mol. The van der Waals surface area contributed by atoms with Crippen LogP contribution in [0.2, 0.25) is 0 Å². The highest BCUT2D eigenvalue weighted by Crippen LogP contribution is 2.38. The molecule has 1 aliphatic rings. The smallest absolute Gasteiger partial charge is 0.270 e. The van der Waals surface area contributed by atoms with Crippen molar-refractivity contribution >= 4 is 29.3 Å². The summed E-state index contributed by atoms with van der Waals surface area (Å²) >= 11 is 0. The first kappa shape index (κ1) is 24.4. The van der Waals surface area contributed by atoms with E-state index >= 15 is 0 Å².